The standard InChI is InChI=1S/C30H53BrO14S/c31-6-7-34-8-9-35-10-11-36-12-13-37-14-15-38-16-17-39-18-19-40-20-21-41-22-23-42-24-25-43-26-27-44-28-29-45-46(32,33)30-4-2-1-3-5-30/h1-5H,6-29H2. The molecular weight excluding hydrogens is 696 g/mol. The van der Waals surface area contributed by atoms with Gasteiger partial charge >= 0.3 is 0 Å². The molecule has 0 atom stereocenters. The normalized spacial score (nSPS) is 11.8. The molecular formula is C30H53BrO14S. The average molecular weight is 750 g/mol. The zero-order chi connectivity index (χ0) is 33.1. The van der Waals surface area contributed by atoms with Gasteiger partial charge in [0.1, 0.15) is 0 Å². The van der Waals surface area contributed by atoms with Crippen molar-refractivity contribution in [3.8, 4) is 0 Å². The van der Waals surface area contributed by atoms with E-state index in [0.29, 0.717) is 139 Å². The van der Waals surface area contributed by atoms with E-state index in [-0.39, 0.29) is 18.1 Å². The van der Waals surface area contributed by atoms with Crippen LogP contribution in [0, 0.1) is 0 Å². The molecule has 270 valence electrons. The molecule has 0 aliphatic rings. The topological polar surface area (TPSA) is 145 Å². The molecule has 0 saturated carbocycles. The molecule has 1 aromatic rings. The van der Waals surface area contributed by atoms with Crippen LogP contribution < -0.4 is 0 Å². The minimum atomic E-state index is -3.76. The van der Waals surface area contributed by atoms with Crippen LogP contribution in [0.5, 0.6) is 0 Å². The number of ether oxygens (including phenoxy) is 11. The number of halogens is 1. The van der Waals surface area contributed by atoms with Crippen molar-refractivity contribution in [1.29, 1.82) is 0 Å². The zero-order valence-electron chi connectivity index (χ0n) is 26.9. The lowest BCUT2D eigenvalue weighted by Crippen LogP contribution is -2.16. The maximum Gasteiger partial charge on any atom is 0.297 e. The van der Waals surface area contributed by atoms with Crippen LogP contribution >= 0.6 is 15.9 Å². The Morgan fingerprint density at radius 1 is 0.370 bits per heavy atom. The second kappa shape index (κ2) is 34.0. The van der Waals surface area contributed by atoms with Gasteiger partial charge in [0.05, 0.1) is 157 Å². The molecule has 0 spiro atoms. The molecule has 0 heterocycles. The highest BCUT2D eigenvalue weighted by atomic mass is 79.9. The van der Waals surface area contributed by atoms with Crippen LogP contribution in [0.2, 0.25) is 0 Å². The molecule has 16 heteroatoms. The predicted octanol–water partition coefficient (Wildman–Crippen LogP) is 1.97. The van der Waals surface area contributed by atoms with E-state index in [4.69, 9.17) is 56.3 Å². The molecule has 0 saturated heterocycles. The van der Waals surface area contributed by atoms with E-state index in [1.54, 1.807) is 18.2 Å². The van der Waals surface area contributed by atoms with Crippen molar-refractivity contribution in [3.63, 3.8) is 0 Å². The molecule has 0 amide bonds. The Morgan fingerprint density at radius 2 is 0.609 bits per heavy atom. The third kappa shape index (κ3) is 29.3. The minimum absolute atomic E-state index is 0.0583. The largest absolute Gasteiger partial charge is 0.378 e. The fraction of sp³-hybridized carbons (Fsp3) is 0.800. The maximum atomic E-state index is 12.0. The van der Waals surface area contributed by atoms with Gasteiger partial charge in [-0.05, 0) is 12.1 Å². The fourth-order valence-electron chi connectivity index (χ4n) is 3.21. The summed E-state index contributed by atoms with van der Waals surface area (Å²) < 4.78 is 88.4. The Kier molecular flexibility index (Phi) is 32.0. The van der Waals surface area contributed by atoms with Crippen LogP contribution in [0.4, 0.5) is 0 Å². The highest BCUT2D eigenvalue weighted by Crippen LogP contribution is 2.10. The lowest BCUT2D eigenvalue weighted by molar-refractivity contribution is -0.0275. The lowest BCUT2D eigenvalue weighted by atomic mass is 10.4. The summed E-state index contributed by atoms with van der Waals surface area (Å²) in [6.07, 6.45) is 0. The molecule has 0 bridgehead atoms. The Labute approximate surface area is 282 Å². The monoisotopic (exact) mass is 748 g/mol. The van der Waals surface area contributed by atoms with E-state index in [1.165, 1.54) is 12.1 Å². The van der Waals surface area contributed by atoms with Crippen LogP contribution in [0.3, 0.4) is 0 Å². The zero-order valence-corrected chi connectivity index (χ0v) is 29.3. The van der Waals surface area contributed by atoms with Gasteiger partial charge in [0.2, 0.25) is 0 Å². The number of hydrogen-bond donors (Lipinski definition) is 0. The fourth-order valence-corrected chi connectivity index (χ4v) is 4.36. The summed E-state index contributed by atoms with van der Waals surface area (Å²) in [5.41, 5.74) is 0. The summed E-state index contributed by atoms with van der Waals surface area (Å²) in [5, 5.41) is 0.831. The van der Waals surface area contributed by atoms with Crippen LogP contribution in [0.1, 0.15) is 0 Å². The highest BCUT2D eigenvalue weighted by molar-refractivity contribution is 9.09. The summed E-state index contributed by atoms with van der Waals surface area (Å²) >= 11 is 3.30. The minimum Gasteiger partial charge on any atom is -0.378 e. The van der Waals surface area contributed by atoms with Gasteiger partial charge in [-0.3, -0.25) is 4.18 Å². The molecule has 0 N–H and O–H groups in total. The molecule has 0 aromatic heterocycles. The van der Waals surface area contributed by atoms with Crippen molar-refractivity contribution in [1.82, 2.24) is 0 Å². The molecule has 1 aromatic carbocycles. The summed E-state index contributed by atoms with van der Waals surface area (Å²) in [5.74, 6) is 0. The summed E-state index contributed by atoms with van der Waals surface area (Å²) in [6, 6.07) is 7.98. The van der Waals surface area contributed by atoms with Gasteiger partial charge in [-0.2, -0.15) is 8.42 Å². The molecule has 14 nitrogen and oxygen atoms in total. The van der Waals surface area contributed by atoms with Crippen molar-refractivity contribution in [3.05, 3.63) is 30.3 Å². The Balaban J connectivity index is 1.66. The van der Waals surface area contributed by atoms with Gasteiger partial charge in [-0.1, -0.05) is 34.1 Å². The molecule has 0 aliphatic heterocycles. The summed E-state index contributed by atoms with van der Waals surface area (Å²) in [6.45, 7) is 10.5. The van der Waals surface area contributed by atoms with E-state index >= 15 is 0 Å². The number of rotatable bonds is 37. The van der Waals surface area contributed by atoms with E-state index < -0.39 is 10.1 Å². The van der Waals surface area contributed by atoms with E-state index in [2.05, 4.69) is 15.9 Å². The predicted molar refractivity (Wildman–Crippen MR) is 172 cm³/mol. The summed E-state index contributed by atoms with van der Waals surface area (Å²) in [4.78, 5) is 0.120. The quantitative estimate of drug-likeness (QED) is 0.0556. The molecule has 0 radical (unpaired) electrons. The second-order valence-electron chi connectivity index (χ2n) is 9.01. The smallest absolute Gasteiger partial charge is 0.297 e. The molecule has 1 rings (SSSR count). The van der Waals surface area contributed by atoms with Gasteiger partial charge in [0, 0.05) is 5.33 Å². The number of alkyl halides is 1. The third-order valence-corrected chi connectivity index (χ3v) is 7.09. The number of benzene rings is 1. The van der Waals surface area contributed by atoms with Gasteiger partial charge < -0.3 is 52.1 Å². The van der Waals surface area contributed by atoms with Gasteiger partial charge in [0.25, 0.3) is 10.1 Å². The van der Waals surface area contributed by atoms with Crippen molar-refractivity contribution in [2.24, 2.45) is 0 Å². The molecule has 0 fully saturated rings. The van der Waals surface area contributed by atoms with Crippen LogP contribution in [0.25, 0.3) is 0 Å². The van der Waals surface area contributed by atoms with E-state index in [0.717, 1.165) is 5.33 Å². The lowest BCUT2D eigenvalue weighted by Gasteiger charge is -2.09. The van der Waals surface area contributed by atoms with Crippen molar-refractivity contribution >= 4 is 26.0 Å². The van der Waals surface area contributed by atoms with Crippen LogP contribution in [-0.2, 0) is 66.4 Å². The molecule has 46 heavy (non-hydrogen) atoms. The highest BCUT2D eigenvalue weighted by Gasteiger charge is 2.13. The van der Waals surface area contributed by atoms with Crippen molar-refractivity contribution in [2.75, 3.05) is 157 Å². The van der Waals surface area contributed by atoms with E-state index in [1.807, 2.05) is 0 Å². The first kappa shape index (κ1) is 43.2. The third-order valence-electron chi connectivity index (χ3n) is 5.44. The average Bonchev–Trinajstić information content (AvgIpc) is 3.07. The second-order valence-corrected chi connectivity index (χ2v) is 11.4. The van der Waals surface area contributed by atoms with Crippen LogP contribution in [-0.4, -0.2) is 166 Å². The SMILES string of the molecule is O=S(=O)(OCCOCCOCCOCCOCCOCCOCCOCCOCCOCCOCCOCCBr)c1ccccc1. The van der Waals surface area contributed by atoms with Gasteiger partial charge in [0.15, 0.2) is 0 Å². The first-order valence-corrected chi connectivity index (χ1v) is 18.1. The van der Waals surface area contributed by atoms with Gasteiger partial charge in [-0.15, -0.1) is 0 Å². The Morgan fingerprint density at radius 3 is 0.870 bits per heavy atom. The van der Waals surface area contributed by atoms with Gasteiger partial charge in [-0.25, -0.2) is 0 Å². The first-order valence-electron chi connectivity index (χ1n) is 15.5. The summed E-state index contributed by atoms with van der Waals surface area (Å²) in [7, 11) is -3.76. The van der Waals surface area contributed by atoms with E-state index in [9.17, 15) is 8.42 Å². The number of hydrogen-bond acceptors (Lipinski definition) is 14. The maximum absolute atomic E-state index is 12.0. The Hall–Kier alpha value is -0.830. The van der Waals surface area contributed by atoms with Crippen LogP contribution in [0.15, 0.2) is 35.2 Å². The van der Waals surface area contributed by atoms with Crippen molar-refractivity contribution in [2.45, 2.75) is 4.90 Å². The molecule has 0 unspecified atom stereocenters. The first-order chi connectivity index (χ1) is 22.7. The Bertz CT molecular complexity index is 853. The van der Waals surface area contributed by atoms with Crippen molar-refractivity contribution < 1.29 is 64.7 Å². The molecule has 0 aliphatic carbocycles.